The van der Waals surface area contributed by atoms with E-state index < -0.39 is 11.9 Å². The minimum Gasteiger partial charge on any atom is -0.481 e. The molecular formula is C16H15BrN2O3S. The topological polar surface area (TPSA) is 70.5 Å². The molecule has 3 rings (SSSR count). The van der Waals surface area contributed by atoms with Gasteiger partial charge in [-0.3, -0.25) is 9.59 Å². The lowest BCUT2D eigenvalue weighted by Crippen LogP contribution is -2.30. The lowest BCUT2D eigenvalue weighted by molar-refractivity contribution is -0.141. The molecule has 0 saturated carbocycles. The zero-order valence-electron chi connectivity index (χ0n) is 12.4. The zero-order chi connectivity index (χ0) is 16.6. The Morgan fingerprint density at radius 3 is 2.57 bits per heavy atom. The highest BCUT2D eigenvalue weighted by atomic mass is 79.9. The predicted molar refractivity (Wildman–Crippen MR) is 90.8 cm³/mol. The van der Waals surface area contributed by atoms with E-state index in [2.05, 4.69) is 20.3 Å². The number of nitrogens with zero attached hydrogens (tertiary/aromatic N) is 2. The second-order valence-corrected chi connectivity index (χ2v) is 7.17. The van der Waals surface area contributed by atoms with Gasteiger partial charge in [0.15, 0.2) is 0 Å². The van der Waals surface area contributed by atoms with Crippen LogP contribution in [0.5, 0.6) is 0 Å². The Morgan fingerprint density at radius 2 is 2.00 bits per heavy atom. The average molecular weight is 395 g/mol. The molecule has 0 bridgehead atoms. The van der Waals surface area contributed by atoms with Gasteiger partial charge in [-0.25, -0.2) is 0 Å². The summed E-state index contributed by atoms with van der Waals surface area (Å²) in [7, 11) is 0. The fourth-order valence-electron chi connectivity index (χ4n) is 2.94. The first-order valence-corrected chi connectivity index (χ1v) is 8.79. The fraction of sp³-hybridized carbons (Fsp3) is 0.312. The number of likely N-dealkylation sites (tertiary alicyclic amines) is 1. The highest BCUT2D eigenvalue weighted by molar-refractivity contribution is 9.10. The van der Waals surface area contributed by atoms with Crippen LogP contribution in [0.4, 0.5) is 0 Å². The van der Waals surface area contributed by atoms with Crippen LogP contribution in [0.2, 0.25) is 0 Å². The molecule has 120 valence electrons. The van der Waals surface area contributed by atoms with E-state index in [9.17, 15) is 14.7 Å². The van der Waals surface area contributed by atoms with Crippen molar-refractivity contribution in [2.24, 2.45) is 5.92 Å². The number of aliphatic carboxylic acids is 1. The maximum Gasteiger partial charge on any atom is 0.308 e. The number of hydrogen-bond acceptors (Lipinski definition) is 4. The molecule has 2 aromatic rings. The quantitative estimate of drug-likeness (QED) is 0.867. The third-order valence-corrected chi connectivity index (χ3v) is 5.45. The van der Waals surface area contributed by atoms with Gasteiger partial charge in [0.25, 0.3) is 5.91 Å². The largest absolute Gasteiger partial charge is 0.481 e. The summed E-state index contributed by atoms with van der Waals surface area (Å²) in [5.41, 5.74) is 2.20. The lowest BCUT2D eigenvalue weighted by Gasteiger charge is -2.16. The smallest absolute Gasteiger partial charge is 0.308 e. The van der Waals surface area contributed by atoms with Crippen LogP contribution < -0.4 is 0 Å². The van der Waals surface area contributed by atoms with Crippen LogP contribution in [0.25, 0.3) is 0 Å². The molecule has 23 heavy (non-hydrogen) atoms. The summed E-state index contributed by atoms with van der Waals surface area (Å²) in [5.74, 6) is -1.79. The predicted octanol–water partition coefficient (Wildman–Crippen LogP) is 3.15. The summed E-state index contributed by atoms with van der Waals surface area (Å²) in [4.78, 5) is 25.9. The number of aryl methyl sites for hydroxylation is 1. The molecule has 7 heteroatoms. The number of halogens is 1. The molecule has 1 amide bonds. The van der Waals surface area contributed by atoms with Crippen molar-refractivity contribution < 1.29 is 14.7 Å². The Morgan fingerprint density at radius 1 is 1.30 bits per heavy atom. The molecule has 0 spiro atoms. The van der Waals surface area contributed by atoms with E-state index in [1.807, 2.05) is 24.3 Å². The number of benzene rings is 1. The van der Waals surface area contributed by atoms with Crippen LogP contribution in [0.3, 0.4) is 0 Å². The van der Waals surface area contributed by atoms with E-state index in [0.717, 1.165) is 10.0 Å². The third-order valence-electron chi connectivity index (χ3n) is 4.20. The number of rotatable bonds is 3. The summed E-state index contributed by atoms with van der Waals surface area (Å²) >= 11 is 4.62. The van der Waals surface area contributed by atoms with E-state index in [-0.39, 0.29) is 18.4 Å². The van der Waals surface area contributed by atoms with Crippen LogP contribution in [0.1, 0.15) is 27.5 Å². The Balaban J connectivity index is 1.86. The van der Waals surface area contributed by atoms with Gasteiger partial charge in [-0.1, -0.05) is 28.1 Å². The standard InChI is InChI=1S/C16H15BrN2O3S/c1-9-14(8-23-18-9)15(20)19-6-12(13(7-19)16(21)22)10-2-4-11(17)5-3-10/h2-5,8,12-13H,6-7H2,1H3,(H,21,22)/t12-,13+/m1/s1. The Kier molecular flexibility index (Phi) is 4.50. The fourth-order valence-corrected chi connectivity index (χ4v) is 3.89. The van der Waals surface area contributed by atoms with E-state index >= 15 is 0 Å². The first-order valence-electron chi connectivity index (χ1n) is 7.16. The number of hydrogen-bond donors (Lipinski definition) is 1. The molecule has 1 aliphatic rings. The molecule has 0 aliphatic carbocycles. The van der Waals surface area contributed by atoms with Crippen molar-refractivity contribution in [3.63, 3.8) is 0 Å². The average Bonchev–Trinajstić information content (AvgIpc) is 3.14. The van der Waals surface area contributed by atoms with Gasteiger partial charge in [-0.05, 0) is 36.2 Å². The van der Waals surface area contributed by atoms with Gasteiger partial charge in [0.1, 0.15) is 0 Å². The van der Waals surface area contributed by atoms with Gasteiger partial charge in [0, 0.05) is 28.9 Å². The summed E-state index contributed by atoms with van der Waals surface area (Å²) in [6, 6.07) is 7.61. The van der Waals surface area contributed by atoms with Crippen LogP contribution in [0.15, 0.2) is 34.1 Å². The first-order chi connectivity index (χ1) is 11.0. The molecule has 1 aromatic carbocycles. The minimum absolute atomic E-state index is 0.137. The molecule has 1 saturated heterocycles. The van der Waals surface area contributed by atoms with Crippen LogP contribution in [-0.4, -0.2) is 39.3 Å². The van der Waals surface area contributed by atoms with E-state index in [1.54, 1.807) is 17.2 Å². The van der Waals surface area contributed by atoms with Crippen molar-refractivity contribution in [3.05, 3.63) is 50.9 Å². The zero-order valence-corrected chi connectivity index (χ0v) is 14.8. The minimum atomic E-state index is -0.867. The molecule has 1 aromatic heterocycles. The number of carboxylic acid groups (broad SMARTS) is 1. The summed E-state index contributed by atoms with van der Waals surface area (Å²) in [5, 5.41) is 11.2. The molecule has 5 nitrogen and oxygen atoms in total. The van der Waals surface area contributed by atoms with Gasteiger partial charge in [-0.15, -0.1) is 0 Å². The van der Waals surface area contributed by atoms with Crippen molar-refractivity contribution in [2.75, 3.05) is 13.1 Å². The van der Waals surface area contributed by atoms with Gasteiger partial charge in [0.05, 0.1) is 17.2 Å². The molecule has 1 N–H and O–H groups in total. The molecule has 0 unspecified atom stereocenters. The first kappa shape index (κ1) is 16.1. The molecule has 2 heterocycles. The number of carboxylic acids is 1. The maximum atomic E-state index is 12.6. The third kappa shape index (κ3) is 3.16. The van der Waals surface area contributed by atoms with Crippen molar-refractivity contribution in [1.82, 2.24) is 9.27 Å². The van der Waals surface area contributed by atoms with Gasteiger partial charge >= 0.3 is 5.97 Å². The normalized spacial score (nSPS) is 20.7. The van der Waals surface area contributed by atoms with Crippen molar-refractivity contribution >= 4 is 39.3 Å². The van der Waals surface area contributed by atoms with Gasteiger partial charge in [-0.2, -0.15) is 4.37 Å². The number of aromatic nitrogens is 1. The molecular weight excluding hydrogens is 380 g/mol. The SMILES string of the molecule is Cc1nscc1C(=O)N1C[C@H](C(=O)O)[C@@H](c2ccc(Br)cc2)C1. The molecule has 2 atom stereocenters. The van der Waals surface area contributed by atoms with Crippen LogP contribution in [0, 0.1) is 12.8 Å². The van der Waals surface area contributed by atoms with E-state index in [0.29, 0.717) is 17.8 Å². The van der Waals surface area contributed by atoms with Gasteiger partial charge < -0.3 is 10.0 Å². The highest BCUT2D eigenvalue weighted by Gasteiger charge is 2.41. The second-order valence-electron chi connectivity index (χ2n) is 5.63. The second kappa shape index (κ2) is 6.41. The summed E-state index contributed by atoms with van der Waals surface area (Å²) in [6.07, 6.45) is 0. The Labute approximate surface area is 146 Å². The van der Waals surface area contributed by atoms with Crippen LogP contribution >= 0.6 is 27.5 Å². The summed E-state index contributed by atoms with van der Waals surface area (Å²) < 4.78 is 5.07. The lowest BCUT2D eigenvalue weighted by atomic mass is 9.89. The highest BCUT2D eigenvalue weighted by Crippen LogP contribution is 2.34. The maximum absolute atomic E-state index is 12.6. The van der Waals surface area contributed by atoms with E-state index in [1.165, 1.54) is 11.5 Å². The van der Waals surface area contributed by atoms with Gasteiger partial charge in [0.2, 0.25) is 0 Å². The van der Waals surface area contributed by atoms with Crippen molar-refractivity contribution in [1.29, 1.82) is 0 Å². The van der Waals surface area contributed by atoms with E-state index in [4.69, 9.17) is 0 Å². The number of carbonyl (C=O) groups is 2. The number of amides is 1. The molecule has 1 aliphatic heterocycles. The Hall–Kier alpha value is -1.73. The number of carbonyl (C=O) groups excluding carboxylic acids is 1. The van der Waals surface area contributed by atoms with Crippen molar-refractivity contribution in [2.45, 2.75) is 12.8 Å². The summed E-state index contributed by atoms with van der Waals surface area (Å²) in [6.45, 7) is 2.43. The Bertz CT molecular complexity index is 744. The van der Waals surface area contributed by atoms with Crippen molar-refractivity contribution in [3.8, 4) is 0 Å². The monoisotopic (exact) mass is 394 g/mol. The van der Waals surface area contributed by atoms with Crippen LogP contribution in [-0.2, 0) is 4.79 Å². The molecule has 0 radical (unpaired) electrons. The molecule has 1 fully saturated rings.